The second kappa shape index (κ2) is 10.9. The molecule has 0 saturated heterocycles. The molecule has 3 aromatic carbocycles. The lowest BCUT2D eigenvalue weighted by Crippen LogP contribution is -2.17. The van der Waals surface area contributed by atoms with Crippen molar-refractivity contribution < 1.29 is 13.9 Å². The molecule has 158 valence electrons. The van der Waals surface area contributed by atoms with Crippen molar-refractivity contribution in [3.05, 3.63) is 92.2 Å². The fourth-order valence-corrected chi connectivity index (χ4v) is 3.46. The van der Waals surface area contributed by atoms with E-state index in [1.165, 1.54) is 6.07 Å². The van der Waals surface area contributed by atoms with Crippen LogP contribution in [0, 0.1) is 5.82 Å². The van der Waals surface area contributed by atoms with Crippen LogP contribution in [0.5, 0.6) is 11.5 Å². The molecule has 3 rings (SSSR count). The lowest BCUT2D eigenvalue weighted by atomic mass is 10.1. The molecule has 0 atom stereocenters. The third-order valence-corrected chi connectivity index (χ3v) is 5.65. The molecule has 3 aromatic rings. The molecule has 3 nitrogen and oxygen atoms in total. The maximum atomic E-state index is 13.7. The molecule has 0 aliphatic carbocycles. The first-order chi connectivity index (χ1) is 14.5. The number of hydrogen-bond donors (Lipinski definition) is 1. The fourth-order valence-electron chi connectivity index (χ4n) is 2.92. The Labute approximate surface area is 190 Å². The molecule has 1 N–H and O–H groups in total. The molecule has 7 heteroatoms. The molecule has 0 radical (unpaired) electrons. The SMILES string of the molecule is COc1cc(CNCCc2ccccc2F)c(Cl)cc1OCc1ccc(Cl)c(Cl)c1. The monoisotopic (exact) mass is 467 g/mol. The van der Waals surface area contributed by atoms with Gasteiger partial charge < -0.3 is 14.8 Å². The third kappa shape index (κ3) is 6.02. The van der Waals surface area contributed by atoms with E-state index in [1.807, 2.05) is 18.2 Å². The Kier molecular flexibility index (Phi) is 8.23. The van der Waals surface area contributed by atoms with E-state index in [4.69, 9.17) is 44.3 Å². The number of rotatable bonds is 9. The van der Waals surface area contributed by atoms with Gasteiger partial charge in [0.1, 0.15) is 12.4 Å². The number of ether oxygens (including phenoxy) is 2. The summed E-state index contributed by atoms with van der Waals surface area (Å²) in [6, 6.07) is 15.7. The Morgan fingerprint density at radius 2 is 1.67 bits per heavy atom. The largest absolute Gasteiger partial charge is 0.493 e. The van der Waals surface area contributed by atoms with E-state index in [0.717, 1.165) is 11.1 Å². The van der Waals surface area contributed by atoms with Crippen LogP contribution in [0.3, 0.4) is 0 Å². The molecule has 0 heterocycles. The predicted molar refractivity (Wildman–Crippen MR) is 121 cm³/mol. The molecular weight excluding hydrogens is 448 g/mol. The molecule has 0 amide bonds. The lowest BCUT2D eigenvalue weighted by Gasteiger charge is -2.15. The molecule has 0 fully saturated rings. The van der Waals surface area contributed by atoms with Gasteiger partial charge in [0.15, 0.2) is 11.5 Å². The summed E-state index contributed by atoms with van der Waals surface area (Å²) in [5, 5.41) is 4.80. The van der Waals surface area contributed by atoms with Crippen LogP contribution in [0.4, 0.5) is 4.39 Å². The van der Waals surface area contributed by atoms with Gasteiger partial charge >= 0.3 is 0 Å². The first kappa shape index (κ1) is 22.7. The summed E-state index contributed by atoms with van der Waals surface area (Å²) in [5.74, 6) is 0.913. The Morgan fingerprint density at radius 1 is 0.867 bits per heavy atom. The Balaban J connectivity index is 1.60. The zero-order valence-electron chi connectivity index (χ0n) is 16.4. The first-order valence-electron chi connectivity index (χ1n) is 9.35. The van der Waals surface area contributed by atoms with Crippen molar-refractivity contribution in [2.45, 2.75) is 19.6 Å². The van der Waals surface area contributed by atoms with Crippen LogP contribution in [-0.2, 0) is 19.6 Å². The molecule has 0 aromatic heterocycles. The Bertz CT molecular complexity index is 1010. The van der Waals surface area contributed by atoms with E-state index in [0.29, 0.717) is 58.2 Å². The molecule has 0 spiro atoms. The third-order valence-electron chi connectivity index (χ3n) is 4.56. The summed E-state index contributed by atoms with van der Waals surface area (Å²) in [7, 11) is 1.57. The first-order valence-corrected chi connectivity index (χ1v) is 10.5. The molecule has 0 unspecified atom stereocenters. The van der Waals surface area contributed by atoms with Crippen LogP contribution in [0.2, 0.25) is 15.1 Å². The molecule has 0 aliphatic rings. The highest BCUT2D eigenvalue weighted by Gasteiger charge is 2.12. The van der Waals surface area contributed by atoms with Crippen molar-refractivity contribution in [2.24, 2.45) is 0 Å². The second-order valence-electron chi connectivity index (χ2n) is 6.65. The van der Waals surface area contributed by atoms with E-state index in [-0.39, 0.29) is 5.82 Å². The summed E-state index contributed by atoms with van der Waals surface area (Å²) in [4.78, 5) is 0. The van der Waals surface area contributed by atoms with Crippen molar-refractivity contribution in [3.63, 3.8) is 0 Å². The molecule has 0 aliphatic heterocycles. The molecular formula is C23H21Cl3FNO2. The average Bonchev–Trinajstić information content (AvgIpc) is 2.74. The van der Waals surface area contributed by atoms with Crippen molar-refractivity contribution in [3.8, 4) is 11.5 Å². The number of halogens is 4. The highest BCUT2D eigenvalue weighted by atomic mass is 35.5. The van der Waals surface area contributed by atoms with Crippen molar-refractivity contribution in [2.75, 3.05) is 13.7 Å². The van der Waals surface area contributed by atoms with Crippen LogP contribution in [0.1, 0.15) is 16.7 Å². The molecule has 0 saturated carbocycles. The average molecular weight is 469 g/mol. The molecule has 30 heavy (non-hydrogen) atoms. The van der Waals surface area contributed by atoms with Gasteiger partial charge in [0.05, 0.1) is 17.2 Å². The van der Waals surface area contributed by atoms with Gasteiger partial charge in [-0.3, -0.25) is 0 Å². The highest BCUT2D eigenvalue weighted by Crippen LogP contribution is 2.34. The van der Waals surface area contributed by atoms with Crippen molar-refractivity contribution in [1.29, 1.82) is 0 Å². The topological polar surface area (TPSA) is 30.5 Å². The number of benzene rings is 3. The van der Waals surface area contributed by atoms with E-state index in [9.17, 15) is 4.39 Å². The van der Waals surface area contributed by atoms with Crippen molar-refractivity contribution in [1.82, 2.24) is 5.32 Å². The van der Waals surface area contributed by atoms with Gasteiger partial charge in [-0.05, 0) is 53.9 Å². The minimum atomic E-state index is -0.192. The summed E-state index contributed by atoms with van der Waals surface area (Å²) in [5.41, 5.74) is 2.42. The van der Waals surface area contributed by atoms with Crippen LogP contribution >= 0.6 is 34.8 Å². The predicted octanol–water partition coefficient (Wildman–Crippen LogP) is 6.71. The summed E-state index contributed by atoms with van der Waals surface area (Å²) in [6.07, 6.45) is 0.590. The standard InChI is InChI=1S/C23H21Cl3FNO2/c1-29-22-11-17(13-28-9-8-16-4-2-3-5-21(16)27)19(25)12-23(22)30-14-15-6-7-18(24)20(26)10-15/h2-7,10-12,28H,8-9,13-14H2,1H3. The van der Waals surface area contributed by atoms with Gasteiger partial charge in [-0.1, -0.05) is 59.1 Å². The maximum absolute atomic E-state index is 13.7. The minimum Gasteiger partial charge on any atom is -0.493 e. The fraction of sp³-hybridized carbons (Fsp3) is 0.217. The van der Waals surface area contributed by atoms with E-state index >= 15 is 0 Å². The van der Waals surface area contributed by atoms with Gasteiger partial charge in [0.25, 0.3) is 0 Å². The van der Waals surface area contributed by atoms with Crippen molar-refractivity contribution >= 4 is 34.8 Å². The normalized spacial score (nSPS) is 10.8. The van der Waals surface area contributed by atoms with Crippen LogP contribution in [0.15, 0.2) is 54.6 Å². The van der Waals surface area contributed by atoms with Gasteiger partial charge in [0, 0.05) is 17.6 Å². The minimum absolute atomic E-state index is 0.192. The number of hydrogen-bond acceptors (Lipinski definition) is 3. The van der Waals surface area contributed by atoms with E-state index in [2.05, 4.69) is 5.32 Å². The maximum Gasteiger partial charge on any atom is 0.163 e. The summed E-state index contributed by atoms with van der Waals surface area (Å²) < 4.78 is 25.0. The van der Waals surface area contributed by atoms with Crippen LogP contribution in [0.25, 0.3) is 0 Å². The highest BCUT2D eigenvalue weighted by molar-refractivity contribution is 6.42. The zero-order chi connectivity index (χ0) is 21.5. The smallest absolute Gasteiger partial charge is 0.163 e. The van der Waals surface area contributed by atoms with Gasteiger partial charge in [-0.2, -0.15) is 0 Å². The Hall–Kier alpha value is -1.98. The zero-order valence-corrected chi connectivity index (χ0v) is 18.6. The Morgan fingerprint density at radius 3 is 2.40 bits per heavy atom. The van der Waals surface area contributed by atoms with Gasteiger partial charge in [-0.25, -0.2) is 4.39 Å². The van der Waals surface area contributed by atoms with Crippen LogP contribution in [-0.4, -0.2) is 13.7 Å². The van der Waals surface area contributed by atoms with E-state index < -0.39 is 0 Å². The van der Waals surface area contributed by atoms with Gasteiger partial charge in [-0.15, -0.1) is 0 Å². The van der Waals surface area contributed by atoms with E-state index in [1.54, 1.807) is 37.4 Å². The lowest BCUT2D eigenvalue weighted by molar-refractivity contribution is 0.284. The number of methoxy groups -OCH3 is 1. The quantitative estimate of drug-likeness (QED) is 0.354. The summed E-state index contributed by atoms with van der Waals surface area (Å²) >= 11 is 18.4. The number of nitrogens with one attached hydrogen (secondary N) is 1. The second-order valence-corrected chi connectivity index (χ2v) is 7.87. The molecule has 0 bridgehead atoms. The van der Waals surface area contributed by atoms with Crippen LogP contribution < -0.4 is 14.8 Å². The van der Waals surface area contributed by atoms with Gasteiger partial charge in [0.2, 0.25) is 0 Å². The summed E-state index contributed by atoms with van der Waals surface area (Å²) in [6.45, 7) is 1.44.